The Morgan fingerprint density at radius 2 is 1.80 bits per heavy atom. The number of halogens is 2. The maximum atomic E-state index is 12.0. The number of carbonyl (C=O) groups is 1. The lowest BCUT2D eigenvalue weighted by Gasteiger charge is -2.38. The van der Waals surface area contributed by atoms with Crippen LogP contribution in [0.25, 0.3) is 0 Å². The Bertz CT molecular complexity index is 629. The summed E-state index contributed by atoms with van der Waals surface area (Å²) in [6.07, 6.45) is 7.74. The molecule has 0 radical (unpaired) electrons. The Kier molecular flexibility index (Phi) is 10.7. The van der Waals surface area contributed by atoms with Crippen molar-refractivity contribution in [3.63, 3.8) is 0 Å². The smallest absolute Gasteiger partial charge is 0.269 e. The molecule has 0 saturated carbocycles. The van der Waals surface area contributed by atoms with Crippen molar-refractivity contribution in [3.05, 3.63) is 24.0 Å². The molecule has 2 fully saturated rings. The first-order valence-electron chi connectivity index (χ1n) is 11.0. The van der Waals surface area contributed by atoms with Crippen LogP contribution < -0.4 is 10.2 Å². The first-order valence-corrected chi connectivity index (χ1v) is 11.5. The van der Waals surface area contributed by atoms with E-state index in [1.165, 1.54) is 0 Å². The van der Waals surface area contributed by atoms with Gasteiger partial charge in [0.05, 0.1) is 24.1 Å². The van der Waals surface area contributed by atoms with Gasteiger partial charge in [-0.3, -0.25) is 4.79 Å². The Morgan fingerprint density at radius 1 is 1.17 bits per heavy atom. The van der Waals surface area contributed by atoms with E-state index < -0.39 is 0 Å². The minimum atomic E-state index is -0.141. The third-order valence-corrected chi connectivity index (χ3v) is 6.24. The van der Waals surface area contributed by atoms with Crippen LogP contribution in [0, 0.1) is 0 Å². The predicted octanol–water partition coefficient (Wildman–Crippen LogP) is 3.72. The van der Waals surface area contributed by atoms with Crippen LogP contribution in [0.15, 0.2) is 18.3 Å². The summed E-state index contributed by atoms with van der Waals surface area (Å²) in [6, 6.07) is 4.43. The van der Waals surface area contributed by atoms with Crippen molar-refractivity contribution >= 4 is 35.6 Å². The largest absolute Gasteiger partial charge is 0.375 e. The lowest BCUT2D eigenvalue weighted by Crippen LogP contribution is -2.43. The van der Waals surface area contributed by atoms with Crippen molar-refractivity contribution in [1.29, 1.82) is 0 Å². The van der Waals surface area contributed by atoms with Gasteiger partial charge in [0.15, 0.2) is 0 Å². The molecule has 6 nitrogen and oxygen atoms in total. The van der Waals surface area contributed by atoms with E-state index in [2.05, 4.69) is 33.9 Å². The van der Waals surface area contributed by atoms with Crippen LogP contribution in [0.2, 0.25) is 0 Å². The van der Waals surface area contributed by atoms with Gasteiger partial charge in [0.1, 0.15) is 5.69 Å². The van der Waals surface area contributed by atoms with Gasteiger partial charge in [-0.2, -0.15) is 0 Å². The van der Waals surface area contributed by atoms with Crippen molar-refractivity contribution in [2.24, 2.45) is 0 Å². The van der Waals surface area contributed by atoms with Crippen molar-refractivity contribution in [2.45, 2.75) is 64.2 Å². The molecule has 3 heterocycles. The van der Waals surface area contributed by atoms with Gasteiger partial charge in [0, 0.05) is 44.6 Å². The minimum Gasteiger partial charge on any atom is -0.375 e. The highest BCUT2D eigenvalue weighted by Crippen LogP contribution is 2.24. The summed E-state index contributed by atoms with van der Waals surface area (Å²) in [7, 11) is 0. The summed E-state index contributed by atoms with van der Waals surface area (Å²) < 4.78 is 6.41. The van der Waals surface area contributed by atoms with Crippen LogP contribution in [0.1, 0.15) is 56.4 Å². The van der Waals surface area contributed by atoms with Gasteiger partial charge in [-0.25, -0.2) is 4.98 Å². The van der Waals surface area contributed by atoms with Gasteiger partial charge < -0.3 is 19.9 Å². The highest BCUT2D eigenvalue weighted by atomic mass is 35.5. The molecule has 170 valence electrons. The van der Waals surface area contributed by atoms with Gasteiger partial charge >= 0.3 is 0 Å². The zero-order valence-corrected chi connectivity index (χ0v) is 19.8. The van der Waals surface area contributed by atoms with E-state index in [1.807, 2.05) is 6.07 Å². The summed E-state index contributed by atoms with van der Waals surface area (Å²) >= 11 is 5.64. The molecular formula is C22H36Cl2N4O2. The summed E-state index contributed by atoms with van der Waals surface area (Å²) in [6.45, 7) is 9.36. The molecular weight excluding hydrogens is 423 g/mol. The first-order chi connectivity index (χ1) is 14.1. The SMILES string of the molecule is CC(C)N1CCC(OC2CCN(c3ccc(C(=O)NCCCCl)nc3)CC2)CC1.Cl. The molecule has 0 atom stereocenters. The first kappa shape index (κ1) is 25.2. The lowest BCUT2D eigenvalue weighted by molar-refractivity contribution is -0.0540. The van der Waals surface area contributed by atoms with Crippen molar-refractivity contribution in [3.8, 4) is 0 Å². The molecule has 1 aromatic heterocycles. The standard InChI is InChI=1S/C22H35ClN4O2.ClH/c1-17(2)26-12-6-19(7-13-26)29-20-8-14-27(15-9-20)18-4-5-21(25-16-18)22(28)24-11-3-10-23;/h4-5,16-17,19-20H,3,6-15H2,1-2H3,(H,24,28);1H. The van der Waals surface area contributed by atoms with Crippen LogP contribution in [0.5, 0.6) is 0 Å². The van der Waals surface area contributed by atoms with Gasteiger partial charge in [0.2, 0.25) is 0 Å². The molecule has 1 amide bonds. The van der Waals surface area contributed by atoms with Gasteiger partial charge in [0.25, 0.3) is 5.91 Å². The number of nitrogens with one attached hydrogen (secondary N) is 1. The third kappa shape index (κ3) is 7.26. The Labute approximate surface area is 192 Å². The highest BCUT2D eigenvalue weighted by molar-refractivity contribution is 6.17. The second kappa shape index (κ2) is 12.7. The normalized spacial score (nSPS) is 19.0. The Balaban J connectivity index is 0.00000320. The van der Waals surface area contributed by atoms with Crippen LogP contribution in [-0.4, -0.2) is 72.6 Å². The molecule has 1 aromatic rings. The van der Waals surface area contributed by atoms with Crippen molar-refractivity contribution in [1.82, 2.24) is 15.2 Å². The zero-order chi connectivity index (χ0) is 20.6. The monoisotopic (exact) mass is 458 g/mol. The second-order valence-electron chi connectivity index (χ2n) is 8.35. The third-order valence-electron chi connectivity index (χ3n) is 5.98. The number of hydrogen-bond donors (Lipinski definition) is 1. The molecule has 8 heteroatoms. The number of hydrogen-bond acceptors (Lipinski definition) is 5. The molecule has 0 bridgehead atoms. The molecule has 0 unspecified atom stereocenters. The fourth-order valence-corrected chi connectivity index (χ4v) is 4.25. The van der Waals surface area contributed by atoms with E-state index in [0.29, 0.717) is 36.4 Å². The molecule has 0 aliphatic carbocycles. The average Bonchev–Trinajstić information content (AvgIpc) is 2.75. The van der Waals surface area contributed by atoms with Crippen LogP contribution >= 0.6 is 24.0 Å². The van der Waals surface area contributed by atoms with Gasteiger partial charge in [-0.1, -0.05) is 0 Å². The number of rotatable bonds is 8. The number of piperidine rings is 2. The molecule has 30 heavy (non-hydrogen) atoms. The lowest BCUT2D eigenvalue weighted by atomic mass is 10.0. The van der Waals surface area contributed by atoms with E-state index >= 15 is 0 Å². The molecule has 2 saturated heterocycles. The fraction of sp³-hybridized carbons (Fsp3) is 0.727. The number of carbonyl (C=O) groups excluding carboxylic acids is 1. The van der Waals surface area contributed by atoms with Crippen LogP contribution in [0.4, 0.5) is 5.69 Å². The molecule has 1 N–H and O–H groups in total. The van der Waals surface area contributed by atoms with E-state index in [4.69, 9.17) is 16.3 Å². The molecule has 2 aliphatic heterocycles. The predicted molar refractivity (Wildman–Crippen MR) is 125 cm³/mol. The van der Waals surface area contributed by atoms with E-state index in [1.54, 1.807) is 12.3 Å². The van der Waals surface area contributed by atoms with Crippen molar-refractivity contribution < 1.29 is 9.53 Å². The topological polar surface area (TPSA) is 57.7 Å². The fourth-order valence-electron chi connectivity index (χ4n) is 4.12. The summed E-state index contributed by atoms with van der Waals surface area (Å²) in [4.78, 5) is 21.3. The Morgan fingerprint density at radius 3 is 2.33 bits per heavy atom. The van der Waals surface area contributed by atoms with Crippen LogP contribution in [-0.2, 0) is 4.74 Å². The van der Waals surface area contributed by atoms with Crippen molar-refractivity contribution in [2.75, 3.05) is 43.5 Å². The van der Waals surface area contributed by atoms with E-state index in [0.717, 1.165) is 64.0 Å². The maximum absolute atomic E-state index is 12.0. The molecule has 0 spiro atoms. The molecule has 3 rings (SSSR count). The van der Waals surface area contributed by atoms with E-state index in [-0.39, 0.29) is 18.3 Å². The molecule has 0 aromatic carbocycles. The van der Waals surface area contributed by atoms with Crippen LogP contribution in [0.3, 0.4) is 0 Å². The number of amides is 1. The number of nitrogens with zero attached hydrogens (tertiary/aromatic N) is 3. The number of aromatic nitrogens is 1. The summed E-state index contributed by atoms with van der Waals surface area (Å²) in [5.74, 6) is 0.404. The quantitative estimate of drug-likeness (QED) is 0.475. The number of anilines is 1. The number of likely N-dealkylation sites (tertiary alicyclic amines) is 1. The number of alkyl halides is 1. The minimum absolute atomic E-state index is 0. The Hall–Kier alpha value is -1.08. The number of pyridine rings is 1. The maximum Gasteiger partial charge on any atom is 0.269 e. The highest BCUT2D eigenvalue weighted by Gasteiger charge is 2.26. The average molecular weight is 459 g/mol. The number of ether oxygens (including phenoxy) is 1. The van der Waals surface area contributed by atoms with Gasteiger partial charge in [-0.05, 0) is 58.1 Å². The zero-order valence-electron chi connectivity index (χ0n) is 18.2. The summed E-state index contributed by atoms with van der Waals surface area (Å²) in [5, 5.41) is 2.83. The van der Waals surface area contributed by atoms with Gasteiger partial charge in [-0.15, -0.1) is 24.0 Å². The van der Waals surface area contributed by atoms with E-state index in [9.17, 15) is 4.79 Å². The molecule has 2 aliphatic rings. The second-order valence-corrected chi connectivity index (χ2v) is 8.73. The summed E-state index contributed by atoms with van der Waals surface area (Å²) in [5.41, 5.74) is 1.53.